The number of halogens is 3. The molecule has 2 aliphatic rings. The van der Waals surface area contributed by atoms with Gasteiger partial charge in [0, 0.05) is 55.1 Å². The number of carbonyl (C=O) groups excluding carboxylic acids is 1. The van der Waals surface area contributed by atoms with E-state index in [0.717, 1.165) is 24.2 Å². The quantitative estimate of drug-likeness (QED) is 0.353. The molecule has 2 aliphatic heterocycles. The number of nitrogens with zero attached hydrogens (tertiary/aromatic N) is 5. The van der Waals surface area contributed by atoms with Crippen LogP contribution >= 0.6 is 0 Å². The van der Waals surface area contributed by atoms with E-state index in [9.17, 15) is 26.4 Å². The summed E-state index contributed by atoms with van der Waals surface area (Å²) in [6.07, 6.45) is 0.467. The summed E-state index contributed by atoms with van der Waals surface area (Å²) in [6, 6.07) is 12.5. The molecule has 2 atom stereocenters. The largest absolute Gasteiger partial charge is 0.439 e. The van der Waals surface area contributed by atoms with Gasteiger partial charge in [0.25, 0.3) is 0 Å². The van der Waals surface area contributed by atoms with Crippen molar-refractivity contribution in [2.24, 2.45) is 0 Å². The third-order valence-electron chi connectivity index (χ3n) is 7.34. The number of fused-ring (bicyclic) bond motifs is 3. The summed E-state index contributed by atoms with van der Waals surface area (Å²) in [4.78, 5) is 23.6. The lowest BCUT2D eigenvalue weighted by Gasteiger charge is -2.32. The van der Waals surface area contributed by atoms with Crippen molar-refractivity contribution < 1.29 is 31.1 Å². The zero-order chi connectivity index (χ0) is 28.9. The van der Waals surface area contributed by atoms with Crippen molar-refractivity contribution in [3.8, 4) is 11.6 Å². The van der Waals surface area contributed by atoms with E-state index in [0.29, 0.717) is 42.2 Å². The standard InChI is InChI=1S/C27H25F3N6O4S/c1-41(38,39)36-15-21-12-22(36)14-34(21)13-20-11-25(32-16-31-20)40-23-5-6-24-17(9-23)7-8-35(24)26(37)33-19-4-2-3-18(10-19)27(28,29)30/h2-11,16,21-22H,12-15H2,1H3,(H,33,37). The number of rotatable bonds is 6. The van der Waals surface area contributed by atoms with E-state index in [4.69, 9.17) is 4.74 Å². The normalized spacial score (nSPS) is 19.6. The Morgan fingerprint density at radius 3 is 2.63 bits per heavy atom. The summed E-state index contributed by atoms with van der Waals surface area (Å²) >= 11 is 0. The van der Waals surface area contributed by atoms with Crippen molar-refractivity contribution in [3.05, 3.63) is 78.4 Å². The average molecular weight is 587 g/mol. The smallest absolute Gasteiger partial charge is 0.416 e. The minimum Gasteiger partial charge on any atom is -0.439 e. The summed E-state index contributed by atoms with van der Waals surface area (Å²) in [6.45, 7) is 1.67. The number of benzene rings is 2. The molecule has 6 rings (SSSR count). The van der Waals surface area contributed by atoms with Crippen LogP contribution in [0.1, 0.15) is 17.7 Å². The van der Waals surface area contributed by atoms with Crippen molar-refractivity contribution in [2.45, 2.75) is 31.2 Å². The minimum absolute atomic E-state index is 0.0151. The van der Waals surface area contributed by atoms with Crippen LogP contribution in [0.25, 0.3) is 10.9 Å². The third kappa shape index (κ3) is 5.62. The lowest BCUT2D eigenvalue weighted by molar-refractivity contribution is -0.137. The molecule has 10 nitrogen and oxygen atoms in total. The van der Waals surface area contributed by atoms with Crippen LogP contribution in [0.15, 0.2) is 67.1 Å². The highest BCUT2D eigenvalue weighted by Gasteiger charge is 2.46. The van der Waals surface area contributed by atoms with E-state index in [-0.39, 0.29) is 17.8 Å². The first-order valence-electron chi connectivity index (χ1n) is 12.7. The zero-order valence-corrected chi connectivity index (χ0v) is 22.6. The minimum atomic E-state index is -4.52. The second-order valence-corrected chi connectivity index (χ2v) is 12.1. The van der Waals surface area contributed by atoms with Gasteiger partial charge in [-0.2, -0.15) is 17.5 Å². The Kier molecular flexibility index (Phi) is 6.71. The van der Waals surface area contributed by atoms with Gasteiger partial charge in [0.1, 0.15) is 12.1 Å². The molecular formula is C27H25F3N6O4S. The number of aromatic nitrogens is 3. The molecule has 14 heteroatoms. The van der Waals surface area contributed by atoms with Crippen LogP contribution in [0.4, 0.5) is 23.7 Å². The first kappa shape index (κ1) is 27.2. The lowest BCUT2D eigenvalue weighted by Crippen LogP contribution is -2.47. The van der Waals surface area contributed by atoms with E-state index in [2.05, 4.69) is 20.2 Å². The number of nitrogens with one attached hydrogen (secondary N) is 1. The number of sulfonamides is 1. The molecule has 41 heavy (non-hydrogen) atoms. The molecule has 2 aromatic heterocycles. The third-order valence-corrected chi connectivity index (χ3v) is 8.64. The molecule has 0 aliphatic carbocycles. The number of hydrogen-bond donors (Lipinski definition) is 1. The molecule has 4 aromatic rings. The highest BCUT2D eigenvalue weighted by Crippen LogP contribution is 2.34. The van der Waals surface area contributed by atoms with Crippen molar-refractivity contribution in [1.82, 2.24) is 23.7 Å². The Balaban J connectivity index is 1.12. The summed E-state index contributed by atoms with van der Waals surface area (Å²) in [5.74, 6) is 0.806. The topological polar surface area (TPSA) is 110 Å². The maximum Gasteiger partial charge on any atom is 0.416 e. The van der Waals surface area contributed by atoms with Gasteiger partial charge in [0.05, 0.1) is 23.0 Å². The van der Waals surface area contributed by atoms with Crippen LogP contribution in [0.2, 0.25) is 0 Å². The van der Waals surface area contributed by atoms with Crippen LogP contribution in [0.3, 0.4) is 0 Å². The van der Waals surface area contributed by atoms with E-state index in [1.54, 1.807) is 34.6 Å². The summed E-state index contributed by atoms with van der Waals surface area (Å²) in [7, 11) is -3.21. The van der Waals surface area contributed by atoms with E-state index in [1.807, 2.05) is 0 Å². The molecule has 1 N–H and O–H groups in total. The molecule has 2 aromatic carbocycles. The molecule has 2 bridgehead atoms. The van der Waals surface area contributed by atoms with Gasteiger partial charge < -0.3 is 10.1 Å². The number of anilines is 1. The SMILES string of the molecule is CS(=O)(=O)N1CC2CC1CN2Cc1cc(Oc2ccc3c(ccn3C(=O)Nc3cccc(C(F)(F)F)c3)c2)ncn1. The molecule has 2 fully saturated rings. The Labute approximate surface area is 233 Å². The van der Waals surface area contributed by atoms with Gasteiger partial charge in [-0.3, -0.25) is 9.47 Å². The Morgan fingerprint density at radius 2 is 1.90 bits per heavy atom. The second-order valence-electron chi connectivity index (χ2n) is 10.2. The predicted octanol–water partition coefficient (Wildman–Crippen LogP) is 4.54. The van der Waals surface area contributed by atoms with E-state index in [1.165, 1.54) is 35.5 Å². The van der Waals surface area contributed by atoms with Gasteiger partial charge >= 0.3 is 12.2 Å². The fraction of sp³-hybridized carbons (Fsp3) is 0.296. The molecular weight excluding hydrogens is 561 g/mol. The number of piperazine rings is 1. The first-order valence-corrected chi connectivity index (χ1v) is 14.6. The van der Waals surface area contributed by atoms with Crippen LogP contribution < -0.4 is 10.1 Å². The number of likely N-dealkylation sites (tertiary alicyclic amines) is 1. The molecule has 214 valence electrons. The fourth-order valence-electron chi connectivity index (χ4n) is 5.48. The maximum atomic E-state index is 13.0. The van der Waals surface area contributed by atoms with Crippen LogP contribution in [0, 0.1) is 0 Å². The van der Waals surface area contributed by atoms with Crippen molar-refractivity contribution in [3.63, 3.8) is 0 Å². The van der Waals surface area contributed by atoms with Crippen molar-refractivity contribution in [2.75, 3.05) is 24.7 Å². The number of alkyl halides is 3. The van der Waals surface area contributed by atoms with Crippen molar-refractivity contribution in [1.29, 1.82) is 0 Å². The van der Waals surface area contributed by atoms with Gasteiger partial charge in [-0.25, -0.2) is 23.2 Å². The Hall–Kier alpha value is -4.01. The molecule has 0 saturated carbocycles. The average Bonchev–Trinajstić information content (AvgIpc) is 3.62. The molecule has 0 spiro atoms. The maximum absolute atomic E-state index is 13.0. The molecule has 4 heterocycles. The van der Waals surface area contributed by atoms with Crippen LogP contribution in [-0.2, 0) is 22.7 Å². The number of hydrogen-bond acceptors (Lipinski definition) is 7. The highest BCUT2D eigenvalue weighted by atomic mass is 32.2. The van der Waals surface area contributed by atoms with Gasteiger partial charge in [-0.15, -0.1) is 0 Å². The van der Waals surface area contributed by atoms with E-state index < -0.39 is 27.8 Å². The van der Waals surface area contributed by atoms with Crippen molar-refractivity contribution >= 4 is 32.6 Å². The summed E-state index contributed by atoms with van der Waals surface area (Å²) in [5.41, 5.74) is 0.457. The van der Waals surface area contributed by atoms with Gasteiger partial charge in [-0.05, 0) is 48.9 Å². The predicted molar refractivity (Wildman–Crippen MR) is 144 cm³/mol. The summed E-state index contributed by atoms with van der Waals surface area (Å²) in [5, 5.41) is 3.18. The Bertz CT molecular complexity index is 1740. The number of ether oxygens (including phenoxy) is 1. The molecule has 2 unspecified atom stereocenters. The van der Waals surface area contributed by atoms with Crippen LogP contribution in [-0.4, -0.2) is 69.6 Å². The van der Waals surface area contributed by atoms with Gasteiger partial charge in [0.2, 0.25) is 15.9 Å². The highest BCUT2D eigenvalue weighted by molar-refractivity contribution is 7.88. The van der Waals surface area contributed by atoms with Crippen LogP contribution in [0.5, 0.6) is 11.6 Å². The lowest BCUT2D eigenvalue weighted by atomic mass is 10.2. The first-order chi connectivity index (χ1) is 19.4. The molecule has 1 amide bonds. The monoisotopic (exact) mass is 586 g/mol. The van der Waals surface area contributed by atoms with Gasteiger partial charge in [0.15, 0.2) is 0 Å². The summed E-state index contributed by atoms with van der Waals surface area (Å²) < 4.78 is 71.8. The second kappa shape index (κ2) is 10.1. The van der Waals surface area contributed by atoms with E-state index >= 15 is 0 Å². The zero-order valence-electron chi connectivity index (χ0n) is 21.7. The van der Waals surface area contributed by atoms with Gasteiger partial charge in [-0.1, -0.05) is 6.07 Å². The fourth-order valence-corrected chi connectivity index (χ4v) is 6.62. The molecule has 2 saturated heterocycles. The number of carbonyl (C=O) groups is 1. The number of amides is 1. The molecule has 0 radical (unpaired) electrons. The Morgan fingerprint density at radius 1 is 1.07 bits per heavy atom.